The maximum absolute atomic E-state index is 13.5. The van der Waals surface area contributed by atoms with Crippen LogP contribution in [-0.4, -0.2) is 24.6 Å². The molecule has 1 N–H and O–H groups in total. The van der Waals surface area contributed by atoms with Crippen molar-refractivity contribution in [2.75, 3.05) is 11.9 Å². The fourth-order valence-electron chi connectivity index (χ4n) is 2.22. The number of hydrogen-bond donors (Lipinski definition) is 1. The van der Waals surface area contributed by atoms with Gasteiger partial charge < -0.3 is 14.8 Å². The lowest BCUT2D eigenvalue weighted by atomic mass is 10.0. The Bertz CT molecular complexity index is 786. The fraction of sp³-hybridized carbons (Fsp3) is 0.300. The summed E-state index contributed by atoms with van der Waals surface area (Å²) in [5.74, 6) is -2.61. The van der Waals surface area contributed by atoms with Crippen molar-refractivity contribution >= 4 is 17.6 Å². The molecule has 0 unspecified atom stereocenters. The van der Waals surface area contributed by atoms with Crippen LogP contribution in [0.1, 0.15) is 32.3 Å². The van der Waals surface area contributed by atoms with Crippen molar-refractivity contribution in [2.45, 2.75) is 32.8 Å². The molecule has 1 amide bonds. The van der Waals surface area contributed by atoms with Crippen LogP contribution >= 0.6 is 0 Å². The van der Waals surface area contributed by atoms with Crippen molar-refractivity contribution in [1.29, 1.82) is 0 Å². The highest BCUT2D eigenvalue weighted by atomic mass is 19.1. The number of halogens is 2. The molecule has 0 saturated heterocycles. The number of rotatable bonds is 7. The summed E-state index contributed by atoms with van der Waals surface area (Å²) < 4.78 is 37.3. The first-order valence-corrected chi connectivity index (χ1v) is 8.45. The first-order chi connectivity index (χ1) is 12.8. The van der Waals surface area contributed by atoms with Crippen LogP contribution in [0.25, 0.3) is 0 Å². The lowest BCUT2D eigenvalue weighted by Crippen LogP contribution is -2.32. The molecular formula is C20H21F2NO4. The van der Waals surface area contributed by atoms with E-state index in [0.29, 0.717) is 11.7 Å². The summed E-state index contributed by atoms with van der Waals surface area (Å²) >= 11 is 0. The highest BCUT2D eigenvalue weighted by Crippen LogP contribution is 2.19. The molecule has 144 valence electrons. The lowest BCUT2D eigenvalue weighted by Gasteiger charge is -2.14. The molecule has 0 radical (unpaired) electrons. The third-order valence-corrected chi connectivity index (χ3v) is 3.79. The number of esters is 1. The smallest absolute Gasteiger partial charge is 0.344 e. The van der Waals surface area contributed by atoms with E-state index in [1.165, 1.54) is 13.0 Å². The summed E-state index contributed by atoms with van der Waals surface area (Å²) in [5.41, 5.74) is 0.544. The molecule has 5 nitrogen and oxygen atoms in total. The summed E-state index contributed by atoms with van der Waals surface area (Å²) in [7, 11) is 0. The number of carbonyl (C=O) groups excluding carboxylic acids is 2. The van der Waals surface area contributed by atoms with Crippen LogP contribution < -0.4 is 10.1 Å². The third-order valence-electron chi connectivity index (χ3n) is 3.79. The van der Waals surface area contributed by atoms with Crippen LogP contribution in [0, 0.1) is 11.6 Å². The van der Waals surface area contributed by atoms with E-state index in [4.69, 9.17) is 9.47 Å². The molecule has 0 fully saturated rings. The van der Waals surface area contributed by atoms with Crippen LogP contribution in [0.3, 0.4) is 0 Å². The van der Waals surface area contributed by atoms with Gasteiger partial charge in [-0.15, -0.1) is 0 Å². The van der Waals surface area contributed by atoms with E-state index in [9.17, 15) is 18.4 Å². The van der Waals surface area contributed by atoms with E-state index in [1.807, 2.05) is 12.1 Å². The van der Waals surface area contributed by atoms with E-state index in [0.717, 1.165) is 17.7 Å². The Kier molecular flexibility index (Phi) is 6.87. The van der Waals surface area contributed by atoms with Crippen LogP contribution in [0.4, 0.5) is 14.5 Å². The standard InChI is InChI=1S/C20H21F2NO4/c1-12(2)14-7-9-15(10-8-14)26-11-18(24)27-13(3)20(25)23-19-16(21)5-4-6-17(19)22/h4-10,12-13H,11H2,1-3H3,(H,23,25)/t13-/m1/s1. The van der Waals surface area contributed by atoms with Crippen molar-refractivity contribution in [2.24, 2.45) is 0 Å². The fourth-order valence-corrected chi connectivity index (χ4v) is 2.22. The molecule has 2 rings (SSSR count). The molecule has 0 saturated carbocycles. The zero-order valence-corrected chi connectivity index (χ0v) is 15.3. The van der Waals surface area contributed by atoms with Gasteiger partial charge in [-0.1, -0.05) is 32.0 Å². The van der Waals surface area contributed by atoms with Gasteiger partial charge in [0.2, 0.25) is 0 Å². The SMILES string of the molecule is CC(C)c1ccc(OCC(=O)O[C@H](C)C(=O)Nc2c(F)cccc2F)cc1. The molecule has 0 aromatic heterocycles. The zero-order valence-electron chi connectivity index (χ0n) is 15.3. The number of amides is 1. The first-order valence-electron chi connectivity index (χ1n) is 8.45. The second-order valence-electron chi connectivity index (χ2n) is 6.23. The predicted octanol–water partition coefficient (Wildman–Crippen LogP) is 4.04. The molecule has 0 bridgehead atoms. The Morgan fingerprint density at radius 2 is 1.59 bits per heavy atom. The second-order valence-corrected chi connectivity index (χ2v) is 6.23. The van der Waals surface area contributed by atoms with Crippen LogP contribution in [0.15, 0.2) is 42.5 Å². The van der Waals surface area contributed by atoms with Crippen molar-refractivity contribution in [3.05, 3.63) is 59.7 Å². The molecule has 0 aliphatic heterocycles. The molecule has 7 heteroatoms. The Balaban J connectivity index is 1.84. The maximum atomic E-state index is 13.5. The Morgan fingerprint density at radius 1 is 1.00 bits per heavy atom. The molecule has 27 heavy (non-hydrogen) atoms. The summed E-state index contributed by atoms with van der Waals surface area (Å²) in [6, 6.07) is 10.4. The number of nitrogens with one attached hydrogen (secondary N) is 1. The minimum absolute atomic E-state index is 0.377. The Labute approximate surface area is 156 Å². The largest absolute Gasteiger partial charge is 0.482 e. The van der Waals surface area contributed by atoms with Gasteiger partial charge in [0.25, 0.3) is 5.91 Å². The van der Waals surface area contributed by atoms with Gasteiger partial charge in [0.05, 0.1) is 0 Å². The van der Waals surface area contributed by atoms with Crippen LogP contribution in [0.5, 0.6) is 5.75 Å². The minimum Gasteiger partial charge on any atom is -0.482 e. The molecule has 0 aliphatic carbocycles. The zero-order chi connectivity index (χ0) is 20.0. The number of benzene rings is 2. The molecule has 2 aromatic rings. The molecular weight excluding hydrogens is 356 g/mol. The Hall–Kier alpha value is -2.96. The van der Waals surface area contributed by atoms with Gasteiger partial charge in [-0.2, -0.15) is 0 Å². The van der Waals surface area contributed by atoms with E-state index < -0.39 is 41.9 Å². The quantitative estimate of drug-likeness (QED) is 0.740. The van der Waals surface area contributed by atoms with Crippen molar-refractivity contribution in [1.82, 2.24) is 0 Å². The topological polar surface area (TPSA) is 64.6 Å². The lowest BCUT2D eigenvalue weighted by molar-refractivity contribution is -0.155. The second kappa shape index (κ2) is 9.12. The van der Waals surface area contributed by atoms with Gasteiger partial charge in [0, 0.05) is 0 Å². The Morgan fingerprint density at radius 3 is 2.15 bits per heavy atom. The van der Waals surface area contributed by atoms with Crippen molar-refractivity contribution in [3.8, 4) is 5.75 Å². The molecule has 0 heterocycles. The normalized spacial score (nSPS) is 11.8. The summed E-state index contributed by atoms with van der Waals surface area (Å²) in [6.07, 6.45) is -1.25. The summed E-state index contributed by atoms with van der Waals surface area (Å²) in [5, 5.41) is 2.07. The third kappa shape index (κ3) is 5.77. The van der Waals surface area contributed by atoms with Crippen LogP contribution in [-0.2, 0) is 14.3 Å². The molecule has 0 spiro atoms. The highest BCUT2D eigenvalue weighted by Gasteiger charge is 2.21. The van der Waals surface area contributed by atoms with Crippen molar-refractivity contribution in [3.63, 3.8) is 0 Å². The number of carbonyl (C=O) groups is 2. The molecule has 1 atom stereocenters. The first kappa shape index (κ1) is 20.4. The maximum Gasteiger partial charge on any atom is 0.344 e. The van der Waals surface area contributed by atoms with E-state index in [1.54, 1.807) is 12.1 Å². The number of ether oxygens (including phenoxy) is 2. The molecule has 2 aromatic carbocycles. The van der Waals surface area contributed by atoms with Gasteiger partial charge in [-0.05, 0) is 42.7 Å². The number of para-hydroxylation sites is 1. The summed E-state index contributed by atoms with van der Waals surface area (Å²) in [4.78, 5) is 23.8. The van der Waals surface area contributed by atoms with Gasteiger partial charge in [-0.25, -0.2) is 13.6 Å². The van der Waals surface area contributed by atoms with E-state index in [-0.39, 0.29) is 0 Å². The average Bonchev–Trinajstić information content (AvgIpc) is 2.63. The van der Waals surface area contributed by atoms with Crippen molar-refractivity contribution < 1.29 is 27.8 Å². The van der Waals surface area contributed by atoms with E-state index >= 15 is 0 Å². The van der Waals surface area contributed by atoms with Gasteiger partial charge in [0.1, 0.15) is 23.1 Å². The number of hydrogen-bond acceptors (Lipinski definition) is 4. The average molecular weight is 377 g/mol. The van der Waals surface area contributed by atoms with Gasteiger partial charge in [0.15, 0.2) is 12.7 Å². The molecule has 0 aliphatic rings. The highest BCUT2D eigenvalue weighted by molar-refractivity contribution is 5.95. The van der Waals surface area contributed by atoms with Gasteiger partial charge >= 0.3 is 5.97 Å². The summed E-state index contributed by atoms with van der Waals surface area (Å²) in [6.45, 7) is 5.02. The van der Waals surface area contributed by atoms with E-state index in [2.05, 4.69) is 19.2 Å². The number of anilines is 1. The minimum atomic E-state index is -1.25. The van der Waals surface area contributed by atoms with Gasteiger partial charge in [-0.3, -0.25) is 4.79 Å². The van der Waals surface area contributed by atoms with Crippen LogP contribution in [0.2, 0.25) is 0 Å². The predicted molar refractivity (Wildman–Crippen MR) is 96.6 cm³/mol. The monoisotopic (exact) mass is 377 g/mol.